The third kappa shape index (κ3) is 6.62. The lowest BCUT2D eigenvalue weighted by Gasteiger charge is -2.15. The number of rotatable bonds is 9. The van der Waals surface area contributed by atoms with Gasteiger partial charge in [-0.15, -0.1) is 0 Å². The fourth-order valence-electron chi connectivity index (χ4n) is 1.83. The average molecular weight is 314 g/mol. The molecule has 0 radical (unpaired) electrons. The van der Waals surface area contributed by atoms with E-state index in [0.717, 1.165) is 0 Å². The van der Waals surface area contributed by atoms with Crippen LogP contribution in [0.4, 0.5) is 0 Å². The molecule has 0 fully saturated rings. The molecule has 120 valence electrons. The Bertz CT molecular complexity index is 553. The summed E-state index contributed by atoms with van der Waals surface area (Å²) in [6.07, 6.45) is 1.39. The summed E-state index contributed by atoms with van der Waals surface area (Å²) >= 11 is 0. The molecule has 0 aliphatic carbocycles. The molecule has 0 unspecified atom stereocenters. The second kappa shape index (κ2) is 10.8. The summed E-state index contributed by atoms with van der Waals surface area (Å²) in [6, 6.07) is 12.4. The summed E-state index contributed by atoms with van der Waals surface area (Å²) in [5, 5.41) is 16.9. The smallest absolute Gasteiger partial charge is 0.324 e. The maximum Gasteiger partial charge on any atom is 0.324 e. The molecule has 0 bridgehead atoms. The monoisotopic (exact) mass is 314 g/mol. The molecule has 0 saturated heterocycles. The molecule has 0 spiro atoms. The van der Waals surface area contributed by atoms with E-state index >= 15 is 0 Å². The first-order valence-corrected chi connectivity index (χ1v) is 7.32. The summed E-state index contributed by atoms with van der Waals surface area (Å²) in [7, 11) is 0. The van der Waals surface area contributed by atoms with Crippen LogP contribution >= 0.6 is 0 Å². The van der Waals surface area contributed by atoms with Gasteiger partial charge in [-0.1, -0.05) is 30.3 Å². The van der Waals surface area contributed by atoms with E-state index in [1.54, 1.807) is 30.3 Å². The van der Waals surface area contributed by atoms with Crippen molar-refractivity contribution in [3.63, 3.8) is 0 Å². The molecule has 1 aromatic carbocycles. The molecule has 0 aromatic heterocycles. The highest BCUT2D eigenvalue weighted by Crippen LogP contribution is 2.19. The van der Waals surface area contributed by atoms with Gasteiger partial charge in [0.05, 0.1) is 25.4 Å². The van der Waals surface area contributed by atoms with Crippen LogP contribution in [0.15, 0.2) is 30.3 Å². The van der Waals surface area contributed by atoms with Crippen LogP contribution in [-0.4, -0.2) is 25.2 Å². The molecule has 6 nitrogen and oxygen atoms in total. The zero-order valence-electron chi connectivity index (χ0n) is 12.7. The Morgan fingerprint density at radius 2 is 1.39 bits per heavy atom. The zero-order valence-corrected chi connectivity index (χ0v) is 12.7. The third-order valence-electron chi connectivity index (χ3n) is 2.96. The van der Waals surface area contributed by atoms with Crippen LogP contribution in [0.1, 0.15) is 37.2 Å². The minimum absolute atomic E-state index is 0.0808. The van der Waals surface area contributed by atoms with E-state index in [-0.39, 0.29) is 26.1 Å². The molecule has 0 aliphatic rings. The van der Waals surface area contributed by atoms with Gasteiger partial charge in [-0.2, -0.15) is 10.5 Å². The van der Waals surface area contributed by atoms with Crippen LogP contribution in [0.5, 0.6) is 0 Å². The molecule has 1 aromatic rings. The lowest BCUT2D eigenvalue weighted by atomic mass is 9.99. The number of nitriles is 2. The lowest BCUT2D eigenvalue weighted by Crippen LogP contribution is -2.26. The van der Waals surface area contributed by atoms with Gasteiger partial charge in [-0.05, 0) is 18.4 Å². The molecule has 1 rings (SSSR count). The van der Waals surface area contributed by atoms with Crippen molar-refractivity contribution >= 4 is 11.9 Å². The van der Waals surface area contributed by atoms with Crippen LogP contribution < -0.4 is 0 Å². The van der Waals surface area contributed by atoms with Gasteiger partial charge in [0.1, 0.15) is 0 Å². The molecular formula is C17H18N2O4. The van der Waals surface area contributed by atoms with Crippen LogP contribution in [-0.2, 0) is 19.1 Å². The Morgan fingerprint density at radius 3 is 1.83 bits per heavy atom. The first-order valence-electron chi connectivity index (χ1n) is 7.32. The maximum atomic E-state index is 12.2. The Labute approximate surface area is 135 Å². The molecule has 23 heavy (non-hydrogen) atoms. The van der Waals surface area contributed by atoms with Crippen molar-refractivity contribution in [1.82, 2.24) is 0 Å². The predicted octanol–water partition coefficient (Wildman–Crippen LogP) is 2.46. The van der Waals surface area contributed by atoms with Crippen LogP contribution in [0.2, 0.25) is 0 Å². The highest BCUT2D eigenvalue weighted by atomic mass is 16.6. The largest absolute Gasteiger partial charge is 0.465 e. The summed E-state index contributed by atoms with van der Waals surface area (Å²) in [5.74, 6) is -2.54. The molecule has 0 saturated carbocycles. The van der Waals surface area contributed by atoms with Gasteiger partial charge < -0.3 is 9.47 Å². The number of carbonyl (C=O) groups is 2. The van der Waals surface area contributed by atoms with Crippen molar-refractivity contribution in [2.24, 2.45) is 0 Å². The summed E-state index contributed by atoms with van der Waals surface area (Å²) in [6.45, 7) is 0.162. The SMILES string of the molecule is N#CCCCOC(=O)C(C(=O)OCCCC#N)c1ccccc1. The Kier molecular flexibility index (Phi) is 8.55. The van der Waals surface area contributed by atoms with E-state index < -0.39 is 17.9 Å². The first kappa shape index (κ1) is 18.2. The van der Waals surface area contributed by atoms with Crippen molar-refractivity contribution in [1.29, 1.82) is 10.5 Å². The van der Waals surface area contributed by atoms with Gasteiger partial charge in [0.15, 0.2) is 5.92 Å². The van der Waals surface area contributed by atoms with Crippen molar-refractivity contribution in [3.8, 4) is 12.1 Å². The fourth-order valence-corrected chi connectivity index (χ4v) is 1.83. The molecule has 0 amide bonds. The third-order valence-corrected chi connectivity index (χ3v) is 2.96. The van der Waals surface area contributed by atoms with Gasteiger partial charge in [0.25, 0.3) is 0 Å². The zero-order chi connectivity index (χ0) is 16.9. The normalized spacial score (nSPS) is 9.70. The molecule has 0 heterocycles. The van der Waals surface area contributed by atoms with Gasteiger partial charge >= 0.3 is 11.9 Å². The number of benzene rings is 1. The van der Waals surface area contributed by atoms with Gasteiger partial charge in [0.2, 0.25) is 0 Å². The number of nitrogens with zero attached hydrogens (tertiary/aromatic N) is 2. The number of carbonyl (C=O) groups excluding carboxylic acids is 2. The Morgan fingerprint density at radius 1 is 0.913 bits per heavy atom. The van der Waals surface area contributed by atoms with Crippen LogP contribution in [0.25, 0.3) is 0 Å². The molecule has 0 atom stereocenters. The van der Waals surface area contributed by atoms with Crippen molar-refractivity contribution < 1.29 is 19.1 Å². The number of unbranched alkanes of at least 4 members (excludes halogenated alkanes) is 2. The number of hydrogen-bond acceptors (Lipinski definition) is 6. The number of hydrogen-bond donors (Lipinski definition) is 0. The Balaban J connectivity index is 2.70. The van der Waals surface area contributed by atoms with Crippen LogP contribution in [0.3, 0.4) is 0 Å². The summed E-state index contributed by atoms with van der Waals surface area (Å²) < 4.78 is 10.1. The topological polar surface area (TPSA) is 100 Å². The predicted molar refractivity (Wildman–Crippen MR) is 80.8 cm³/mol. The van der Waals surface area contributed by atoms with E-state index in [1.807, 2.05) is 12.1 Å². The van der Waals surface area contributed by atoms with Crippen molar-refractivity contribution in [2.75, 3.05) is 13.2 Å². The number of esters is 2. The highest BCUT2D eigenvalue weighted by Gasteiger charge is 2.31. The molecule has 6 heteroatoms. The Hall–Kier alpha value is -2.86. The van der Waals surface area contributed by atoms with Gasteiger partial charge in [0, 0.05) is 12.8 Å². The van der Waals surface area contributed by atoms with E-state index in [1.165, 1.54) is 0 Å². The van der Waals surface area contributed by atoms with Gasteiger partial charge in [-0.3, -0.25) is 9.59 Å². The first-order chi connectivity index (χ1) is 11.2. The van der Waals surface area contributed by atoms with E-state index in [2.05, 4.69) is 0 Å². The number of ether oxygens (including phenoxy) is 2. The lowest BCUT2D eigenvalue weighted by molar-refractivity contribution is -0.157. The quantitative estimate of drug-likeness (QED) is 0.394. The molecule has 0 aliphatic heterocycles. The van der Waals surface area contributed by atoms with Crippen molar-refractivity contribution in [2.45, 2.75) is 31.6 Å². The summed E-state index contributed by atoms with van der Waals surface area (Å²) in [4.78, 5) is 24.4. The van der Waals surface area contributed by atoms with E-state index in [4.69, 9.17) is 20.0 Å². The van der Waals surface area contributed by atoms with E-state index in [9.17, 15) is 9.59 Å². The van der Waals surface area contributed by atoms with Crippen molar-refractivity contribution in [3.05, 3.63) is 35.9 Å². The fraction of sp³-hybridized carbons (Fsp3) is 0.412. The van der Waals surface area contributed by atoms with Crippen LogP contribution in [0, 0.1) is 22.7 Å². The molecular weight excluding hydrogens is 296 g/mol. The highest BCUT2D eigenvalue weighted by molar-refractivity contribution is 6.00. The molecule has 0 N–H and O–H groups in total. The average Bonchev–Trinajstić information content (AvgIpc) is 2.57. The standard InChI is InChI=1S/C17H18N2O4/c18-10-4-6-12-22-16(20)15(14-8-2-1-3-9-14)17(21)23-13-7-5-11-19/h1-3,8-9,15H,4-7,12-13H2. The second-order valence-corrected chi connectivity index (χ2v) is 4.70. The minimum Gasteiger partial charge on any atom is -0.465 e. The summed E-state index contributed by atoms with van der Waals surface area (Å²) in [5.41, 5.74) is 0.489. The second-order valence-electron chi connectivity index (χ2n) is 4.70. The van der Waals surface area contributed by atoms with Gasteiger partial charge in [-0.25, -0.2) is 0 Å². The van der Waals surface area contributed by atoms with E-state index in [0.29, 0.717) is 18.4 Å². The minimum atomic E-state index is -1.15. The maximum absolute atomic E-state index is 12.2.